The fourth-order valence-electron chi connectivity index (χ4n) is 2.43. The second kappa shape index (κ2) is 9.08. The second-order valence-corrected chi connectivity index (χ2v) is 5.41. The van der Waals surface area contributed by atoms with Crippen molar-refractivity contribution >= 4 is 5.97 Å². The van der Waals surface area contributed by atoms with Crippen molar-refractivity contribution in [2.75, 3.05) is 13.2 Å². The molecule has 0 saturated heterocycles. The van der Waals surface area contributed by atoms with E-state index in [1.54, 1.807) is 6.92 Å². The largest absolute Gasteiger partial charge is 0.464 e. The number of aliphatic hydroxyl groups excluding tert-OH is 1. The van der Waals surface area contributed by atoms with Gasteiger partial charge in [-0.05, 0) is 18.1 Å². The Kier molecular flexibility index (Phi) is 6.78. The second-order valence-electron chi connectivity index (χ2n) is 5.41. The van der Waals surface area contributed by atoms with Crippen molar-refractivity contribution in [3.63, 3.8) is 0 Å². The lowest BCUT2D eigenvalue weighted by Gasteiger charge is -2.24. The van der Waals surface area contributed by atoms with Crippen molar-refractivity contribution in [2.24, 2.45) is 0 Å². The number of nitrogens with zero attached hydrogens (tertiary/aromatic N) is 1. The third-order valence-corrected chi connectivity index (χ3v) is 3.49. The molecule has 0 spiro atoms. The number of aliphatic hydroxyl groups is 1. The maximum Gasteiger partial charge on any atom is 0.336 e. The smallest absolute Gasteiger partial charge is 0.336 e. The zero-order chi connectivity index (χ0) is 16.5. The van der Waals surface area contributed by atoms with Crippen LogP contribution in [-0.2, 0) is 22.6 Å². The lowest BCUT2D eigenvalue weighted by molar-refractivity contribution is -0.154. The van der Waals surface area contributed by atoms with Gasteiger partial charge in [0.1, 0.15) is 0 Å². The molecular weight excluding hydrogens is 290 g/mol. The molecular formula is C19H23NO3. The van der Waals surface area contributed by atoms with Crippen LogP contribution >= 0.6 is 0 Å². The minimum atomic E-state index is -1.14. The molecule has 0 bridgehead atoms. The summed E-state index contributed by atoms with van der Waals surface area (Å²) in [4.78, 5) is 13.7. The van der Waals surface area contributed by atoms with Gasteiger partial charge in [0.2, 0.25) is 0 Å². The van der Waals surface area contributed by atoms with E-state index in [4.69, 9.17) is 4.74 Å². The van der Waals surface area contributed by atoms with Crippen LogP contribution in [-0.4, -0.2) is 35.2 Å². The quantitative estimate of drug-likeness (QED) is 0.761. The van der Waals surface area contributed by atoms with Crippen LogP contribution < -0.4 is 0 Å². The van der Waals surface area contributed by atoms with E-state index in [1.807, 2.05) is 65.6 Å². The first-order valence-corrected chi connectivity index (χ1v) is 7.84. The van der Waals surface area contributed by atoms with E-state index < -0.39 is 12.1 Å². The molecule has 0 saturated carbocycles. The number of esters is 1. The molecule has 0 radical (unpaired) electrons. The van der Waals surface area contributed by atoms with Crippen LogP contribution in [0, 0.1) is 0 Å². The van der Waals surface area contributed by atoms with Crippen molar-refractivity contribution in [2.45, 2.75) is 26.1 Å². The monoisotopic (exact) mass is 313 g/mol. The summed E-state index contributed by atoms with van der Waals surface area (Å²) in [6, 6.07) is 20.0. The summed E-state index contributed by atoms with van der Waals surface area (Å²) in [5, 5.41) is 10.1. The number of hydrogen-bond acceptors (Lipinski definition) is 4. The number of hydrogen-bond donors (Lipinski definition) is 1. The van der Waals surface area contributed by atoms with Crippen LogP contribution in [0.25, 0.3) is 0 Å². The Morgan fingerprint density at radius 1 is 1.00 bits per heavy atom. The summed E-state index contributed by atoms with van der Waals surface area (Å²) in [5.74, 6) is -0.571. The Bertz CT molecular complexity index is 545. The zero-order valence-corrected chi connectivity index (χ0v) is 13.4. The molecule has 122 valence electrons. The van der Waals surface area contributed by atoms with E-state index in [0.717, 1.165) is 11.1 Å². The molecule has 2 aromatic carbocycles. The summed E-state index contributed by atoms with van der Waals surface area (Å²) in [6.07, 6.45) is -1.14. The molecule has 4 nitrogen and oxygen atoms in total. The number of rotatable bonds is 8. The average Bonchev–Trinajstić information content (AvgIpc) is 2.57. The fourth-order valence-corrected chi connectivity index (χ4v) is 2.43. The van der Waals surface area contributed by atoms with Crippen molar-refractivity contribution in [3.8, 4) is 0 Å². The normalized spacial score (nSPS) is 12.1. The SMILES string of the molecule is CCOC(=O)C(O)CN(Cc1ccccc1)Cc1ccccc1. The third-order valence-electron chi connectivity index (χ3n) is 3.49. The molecule has 0 fully saturated rings. The molecule has 23 heavy (non-hydrogen) atoms. The maximum atomic E-state index is 11.7. The van der Waals surface area contributed by atoms with Gasteiger partial charge >= 0.3 is 5.97 Å². The van der Waals surface area contributed by atoms with E-state index in [2.05, 4.69) is 0 Å². The highest BCUT2D eigenvalue weighted by Gasteiger charge is 2.20. The molecule has 0 aliphatic heterocycles. The highest BCUT2D eigenvalue weighted by molar-refractivity contribution is 5.74. The molecule has 2 aromatic rings. The number of ether oxygens (including phenoxy) is 1. The van der Waals surface area contributed by atoms with Gasteiger partial charge in [-0.2, -0.15) is 0 Å². The molecule has 0 amide bonds. The summed E-state index contributed by atoms with van der Waals surface area (Å²) >= 11 is 0. The Labute approximate surface area is 137 Å². The average molecular weight is 313 g/mol. The maximum absolute atomic E-state index is 11.7. The molecule has 1 N–H and O–H groups in total. The number of carbonyl (C=O) groups excluding carboxylic acids is 1. The van der Waals surface area contributed by atoms with Crippen LogP contribution in [0.5, 0.6) is 0 Å². The predicted octanol–water partition coefficient (Wildman–Crippen LogP) is 2.61. The van der Waals surface area contributed by atoms with Gasteiger partial charge in [0.05, 0.1) is 6.61 Å². The molecule has 1 unspecified atom stereocenters. The van der Waals surface area contributed by atoms with Gasteiger partial charge in [-0.3, -0.25) is 4.90 Å². The minimum Gasteiger partial charge on any atom is -0.464 e. The predicted molar refractivity (Wildman–Crippen MR) is 89.6 cm³/mol. The van der Waals surface area contributed by atoms with Gasteiger partial charge in [-0.15, -0.1) is 0 Å². The van der Waals surface area contributed by atoms with Gasteiger partial charge in [-0.1, -0.05) is 60.7 Å². The summed E-state index contributed by atoms with van der Waals surface area (Å²) < 4.78 is 4.89. The molecule has 4 heteroatoms. The van der Waals surface area contributed by atoms with E-state index in [0.29, 0.717) is 13.1 Å². The minimum absolute atomic E-state index is 0.239. The van der Waals surface area contributed by atoms with Crippen LogP contribution in [0.2, 0.25) is 0 Å². The highest BCUT2D eigenvalue weighted by Crippen LogP contribution is 2.11. The summed E-state index contributed by atoms with van der Waals surface area (Å²) in [6.45, 7) is 3.56. The van der Waals surface area contributed by atoms with E-state index in [-0.39, 0.29) is 13.2 Å². The Balaban J connectivity index is 2.06. The molecule has 0 aromatic heterocycles. The van der Waals surface area contributed by atoms with Gasteiger partial charge in [0.25, 0.3) is 0 Å². The standard InChI is InChI=1S/C19H23NO3/c1-2-23-19(22)18(21)15-20(13-16-9-5-3-6-10-16)14-17-11-7-4-8-12-17/h3-12,18,21H,2,13-15H2,1H3. The van der Waals surface area contributed by atoms with Gasteiger partial charge < -0.3 is 9.84 Å². The van der Waals surface area contributed by atoms with E-state index in [1.165, 1.54) is 0 Å². The number of carbonyl (C=O) groups is 1. The third kappa shape index (κ3) is 5.85. The van der Waals surface area contributed by atoms with Crippen molar-refractivity contribution in [3.05, 3.63) is 71.8 Å². The first-order chi connectivity index (χ1) is 11.2. The lowest BCUT2D eigenvalue weighted by atomic mass is 10.1. The topological polar surface area (TPSA) is 49.8 Å². The van der Waals surface area contributed by atoms with Crippen molar-refractivity contribution in [1.29, 1.82) is 0 Å². The Morgan fingerprint density at radius 3 is 1.91 bits per heavy atom. The summed E-state index contributed by atoms with van der Waals surface area (Å²) in [7, 11) is 0. The first kappa shape index (κ1) is 17.2. The van der Waals surface area contributed by atoms with Gasteiger partial charge in [0, 0.05) is 19.6 Å². The molecule has 0 aliphatic carbocycles. The van der Waals surface area contributed by atoms with Gasteiger partial charge in [0.15, 0.2) is 6.10 Å². The molecule has 0 aliphatic rings. The van der Waals surface area contributed by atoms with Crippen LogP contribution in [0.15, 0.2) is 60.7 Å². The van der Waals surface area contributed by atoms with Crippen LogP contribution in [0.1, 0.15) is 18.1 Å². The Hall–Kier alpha value is -2.17. The van der Waals surface area contributed by atoms with E-state index in [9.17, 15) is 9.90 Å². The molecule has 2 rings (SSSR count). The van der Waals surface area contributed by atoms with Gasteiger partial charge in [-0.25, -0.2) is 4.79 Å². The fraction of sp³-hybridized carbons (Fsp3) is 0.316. The zero-order valence-electron chi connectivity index (χ0n) is 13.4. The number of benzene rings is 2. The lowest BCUT2D eigenvalue weighted by Crippen LogP contribution is -2.37. The van der Waals surface area contributed by atoms with E-state index >= 15 is 0 Å². The summed E-state index contributed by atoms with van der Waals surface area (Å²) in [5.41, 5.74) is 2.28. The van der Waals surface area contributed by atoms with Crippen molar-refractivity contribution in [1.82, 2.24) is 4.90 Å². The molecule has 0 heterocycles. The van der Waals surface area contributed by atoms with Crippen LogP contribution in [0.4, 0.5) is 0 Å². The highest BCUT2D eigenvalue weighted by atomic mass is 16.5. The van der Waals surface area contributed by atoms with Crippen molar-refractivity contribution < 1.29 is 14.6 Å². The first-order valence-electron chi connectivity index (χ1n) is 7.84. The van der Waals surface area contributed by atoms with Crippen LogP contribution in [0.3, 0.4) is 0 Å². The molecule has 1 atom stereocenters. The Morgan fingerprint density at radius 2 is 1.48 bits per heavy atom.